The average molecular weight is 341 g/mol. The van der Waals surface area contributed by atoms with E-state index in [0.29, 0.717) is 23.1 Å². The minimum Gasteiger partial charge on any atom is -0.487 e. The van der Waals surface area contributed by atoms with E-state index in [9.17, 15) is 4.79 Å². The third kappa shape index (κ3) is 4.75. The number of ether oxygens (including phenoxy) is 2. The Hall–Kier alpha value is -1.46. The number of hydrogen-bond donors (Lipinski definition) is 1. The van der Waals surface area contributed by atoms with Crippen LogP contribution in [0.15, 0.2) is 18.2 Å². The Morgan fingerprint density at radius 3 is 2.91 bits per heavy atom. The Morgan fingerprint density at radius 2 is 2.22 bits per heavy atom. The summed E-state index contributed by atoms with van der Waals surface area (Å²) in [5, 5.41) is 3.43. The van der Waals surface area contributed by atoms with Crippen LogP contribution in [0.3, 0.4) is 0 Å². The van der Waals surface area contributed by atoms with Gasteiger partial charge in [-0.3, -0.25) is 0 Å². The monoisotopic (exact) mass is 340 g/mol. The summed E-state index contributed by atoms with van der Waals surface area (Å²) in [5.41, 5.74) is 0.595. The molecule has 6 heteroatoms. The number of anilines is 1. The number of likely N-dealkylation sites (tertiary alicyclic amines) is 1. The molecule has 1 N–H and O–H groups in total. The van der Waals surface area contributed by atoms with Gasteiger partial charge in [-0.1, -0.05) is 17.7 Å². The Balaban J connectivity index is 2.14. The number of nitrogens with zero attached hydrogens (tertiary/aromatic N) is 1. The summed E-state index contributed by atoms with van der Waals surface area (Å²) in [6.07, 6.45) is 3.07. The lowest BCUT2D eigenvalue weighted by Crippen LogP contribution is -2.47. The fraction of sp³-hybridized carbons (Fsp3) is 0.588. The van der Waals surface area contributed by atoms with Gasteiger partial charge in [-0.05, 0) is 45.2 Å². The van der Waals surface area contributed by atoms with Gasteiger partial charge in [0.15, 0.2) is 5.75 Å². The normalized spacial score (nSPS) is 18.1. The number of carbonyl (C=O) groups is 1. The predicted molar refractivity (Wildman–Crippen MR) is 92.5 cm³/mol. The number of benzene rings is 1. The van der Waals surface area contributed by atoms with Crippen LogP contribution in [0.5, 0.6) is 5.75 Å². The van der Waals surface area contributed by atoms with Crippen LogP contribution in [0.25, 0.3) is 0 Å². The molecule has 2 amide bonds. The van der Waals surface area contributed by atoms with Crippen LogP contribution in [-0.2, 0) is 4.74 Å². The summed E-state index contributed by atoms with van der Waals surface area (Å²) in [6.45, 7) is 5.14. The van der Waals surface area contributed by atoms with Gasteiger partial charge >= 0.3 is 6.03 Å². The fourth-order valence-electron chi connectivity index (χ4n) is 2.78. The standard InChI is InChI=1S/C17H25ClN2O3/c1-12(2)23-16-14(18)8-6-9-15(16)19-17(21)20-10-5-4-7-13(20)11-22-3/h6,8-9,12-13H,4-5,7,10-11H2,1-3H3,(H,19,21). The zero-order valence-electron chi connectivity index (χ0n) is 14.0. The number of rotatable bonds is 5. The van der Waals surface area contributed by atoms with Crippen molar-refractivity contribution < 1.29 is 14.3 Å². The van der Waals surface area contributed by atoms with Crippen molar-refractivity contribution in [2.75, 3.05) is 25.6 Å². The predicted octanol–water partition coefficient (Wildman–Crippen LogP) is 4.16. The number of halogens is 1. The van der Waals surface area contributed by atoms with Crippen molar-refractivity contribution >= 4 is 23.3 Å². The maximum atomic E-state index is 12.7. The number of nitrogens with one attached hydrogen (secondary N) is 1. The van der Waals surface area contributed by atoms with Gasteiger partial charge in [0.25, 0.3) is 0 Å². The molecule has 0 bridgehead atoms. The number of piperidine rings is 1. The highest BCUT2D eigenvalue weighted by Gasteiger charge is 2.27. The minimum atomic E-state index is -0.136. The fourth-order valence-corrected chi connectivity index (χ4v) is 3.00. The first-order valence-corrected chi connectivity index (χ1v) is 8.42. The number of hydrogen-bond acceptors (Lipinski definition) is 3. The van der Waals surface area contributed by atoms with E-state index in [1.165, 1.54) is 0 Å². The number of urea groups is 1. The molecule has 1 unspecified atom stereocenters. The van der Waals surface area contributed by atoms with E-state index in [4.69, 9.17) is 21.1 Å². The molecule has 1 aliphatic rings. The summed E-state index contributed by atoms with van der Waals surface area (Å²) in [6, 6.07) is 5.33. The first-order chi connectivity index (χ1) is 11.0. The van der Waals surface area contributed by atoms with Crippen LogP contribution in [0.4, 0.5) is 10.5 Å². The van der Waals surface area contributed by atoms with Crippen molar-refractivity contribution in [3.05, 3.63) is 23.2 Å². The van der Waals surface area contributed by atoms with E-state index in [-0.39, 0.29) is 18.2 Å². The molecule has 5 nitrogen and oxygen atoms in total. The molecule has 1 saturated heterocycles. The molecule has 1 atom stereocenters. The van der Waals surface area contributed by atoms with Gasteiger partial charge in [0.1, 0.15) is 0 Å². The second-order valence-corrected chi connectivity index (χ2v) is 6.42. The topological polar surface area (TPSA) is 50.8 Å². The third-order valence-electron chi connectivity index (χ3n) is 3.81. The lowest BCUT2D eigenvalue weighted by atomic mass is 10.0. The van der Waals surface area contributed by atoms with Crippen molar-refractivity contribution in [1.82, 2.24) is 4.90 Å². The molecule has 1 aromatic rings. The molecule has 0 spiro atoms. The van der Waals surface area contributed by atoms with Gasteiger partial charge in [0, 0.05) is 13.7 Å². The van der Waals surface area contributed by atoms with Crippen molar-refractivity contribution in [1.29, 1.82) is 0 Å². The van der Waals surface area contributed by atoms with Crippen LogP contribution in [0.1, 0.15) is 33.1 Å². The summed E-state index contributed by atoms with van der Waals surface area (Å²) in [5.74, 6) is 0.512. The molecule has 128 valence electrons. The van der Waals surface area contributed by atoms with Crippen LogP contribution in [-0.4, -0.2) is 43.3 Å². The highest BCUT2D eigenvalue weighted by molar-refractivity contribution is 6.32. The van der Waals surface area contributed by atoms with Crippen LogP contribution in [0, 0.1) is 0 Å². The number of carbonyl (C=O) groups excluding carboxylic acids is 1. The summed E-state index contributed by atoms with van der Waals surface area (Å²) >= 11 is 6.21. The largest absolute Gasteiger partial charge is 0.487 e. The number of para-hydroxylation sites is 1. The van der Waals surface area contributed by atoms with E-state index in [0.717, 1.165) is 25.8 Å². The quantitative estimate of drug-likeness (QED) is 0.875. The number of methoxy groups -OCH3 is 1. The van der Waals surface area contributed by atoms with Crippen molar-refractivity contribution in [2.45, 2.75) is 45.3 Å². The van der Waals surface area contributed by atoms with Gasteiger partial charge < -0.3 is 19.7 Å². The molecule has 0 aliphatic carbocycles. The van der Waals surface area contributed by atoms with Gasteiger partial charge in [-0.2, -0.15) is 0 Å². The Bertz CT molecular complexity index is 535. The number of amides is 2. The minimum absolute atomic E-state index is 0.0261. The first-order valence-electron chi connectivity index (χ1n) is 8.04. The Kier molecular flexibility index (Phi) is 6.54. The molecule has 1 heterocycles. The average Bonchev–Trinajstić information content (AvgIpc) is 2.51. The molecule has 1 aliphatic heterocycles. The molecule has 0 aromatic heterocycles. The maximum absolute atomic E-state index is 12.7. The second kappa shape index (κ2) is 8.41. The molecule has 2 rings (SSSR count). The summed E-state index contributed by atoms with van der Waals surface area (Å²) in [7, 11) is 1.66. The molecule has 23 heavy (non-hydrogen) atoms. The molecule has 1 aromatic carbocycles. The maximum Gasteiger partial charge on any atom is 0.322 e. The van der Waals surface area contributed by atoms with E-state index in [1.54, 1.807) is 25.3 Å². The Labute approximate surface area is 142 Å². The highest BCUT2D eigenvalue weighted by atomic mass is 35.5. The summed E-state index contributed by atoms with van der Waals surface area (Å²) in [4.78, 5) is 14.5. The van der Waals surface area contributed by atoms with Crippen molar-refractivity contribution in [2.24, 2.45) is 0 Å². The smallest absolute Gasteiger partial charge is 0.322 e. The Morgan fingerprint density at radius 1 is 1.43 bits per heavy atom. The molecule has 0 radical (unpaired) electrons. The third-order valence-corrected chi connectivity index (χ3v) is 4.11. The van der Waals surface area contributed by atoms with Crippen LogP contribution >= 0.6 is 11.6 Å². The zero-order chi connectivity index (χ0) is 16.8. The lowest BCUT2D eigenvalue weighted by Gasteiger charge is -2.35. The lowest BCUT2D eigenvalue weighted by molar-refractivity contribution is 0.0877. The van der Waals surface area contributed by atoms with Gasteiger partial charge in [-0.15, -0.1) is 0 Å². The molecule has 0 saturated carbocycles. The molecular weight excluding hydrogens is 316 g/mol. The van der Waals surface area contributed by atoms with Crippen LogP contribution in [0.2, 0.25) is 5.02 Å². The summed E-state index contributed by atoms with van der Waals surface area (Å²) < 4.78 is 11.0. The zero-order valence-corrected chi connectivity index (χ0v) is 14.7. The van der Waals surface area contributed by atoms with Crippen molar-refractivity contribution in [3.63, 3.8) is 0 Å². The van der Waals surface area contributed by atoms with Crippen molar-refractivity contribution in [3.8, 4) is 5.75 Å². The first kappa shape index (κ1) is 17.9. The van der Waals surface area contributed by atoms with Crippen LogP contribution < -0.4 is 10.1 Å². The van der Waals surface area contributed by atoms with E-state index in [2.05, 4.69) is 5.32 Å². The van der Waals surface area contributed by atoms with E-state index >= 15 is 0 Å². The van der Waals surface area contributed by atoms with Gasteiger partial charge in [0.05, 0.1) is 29.5 Å². The molecular formula is C17H25ClN2O3. The SMILES string of the molecule is COCC1CCCCN1C(=O)Nc1cccc(Cl)c1OC(C)C. The van der Waals surface area contributed by atoms with E-state index in [1.807, 2.05) is 18.7 Å². The van der Waals surface area contributed by atoms with E-state index < -0.39 is 0 Å². The molecule has 1 fully saturated rings. The van der Waals surface area contributed by atoms with Gasteiger partial charge in [-0.25, -0.2) is 4.79 Å². The van der Waals surface area contributed by atoms with Gasteiger partial charge in [0.2, 0.25) is 0 Å². The highest BCUT2D eigenvalue weighted by Crippen LogP contribution is 2.34. The second-order valence-electron chi connectivity index (χ2n) is 6.01.